The maximum absolute atomic E-state index is 2.55. The average molecular weight is 537 g/mol. The molecule has 0 nitrogen and oxygen atoms in total. The Morgan fingerprint density at radius 2 is 1.05 bits per heavy atom. The zero-order valence-corrected chi connectivity index (χ0v) is 25.7. The molecule has 208 valence electrons. The van der Waals surface area contributed by atoms with Gasteiger partial charge in [0.15, 0.2) is 0 Å². The first kappa shape index (κ1) is 27.5. The molecule has 0 amide bonds. The topological polar surface area (TPSA) is 0 Å². The fourth-order valence-electron chi connectivity index (χ4n) is 7.11. The largest absolute Gasteiger partial charge is 0.0653 e. The second kappa shape index (κ2) is 11.0. The van der Waals surface area contributed by atoms with E-state index in [1.807, 2.05) is 0 Å². The lowest BCUT2D eigenvalue weighted by molar-refractivity contribution is 0.424. The molecule has 0 spiro atoms. The minimum absolute atomic E-state index is 0.0426. The summed E-state index contributed by atoms with van der Waals surface area (Å²) >= 11 is 0. The molecule has 0 fully saturated rings. The van der Waals surface area contributed by atoms with E-state index in [2.05, 4.69) is 139 Å². The van der Waals surface area contributed by atoms with Gasteiger partial charge in [-0.3, -0.25) is 0 Å². The Bertz CT molecular complexity index is 1540. The molecule has 0 saturated carbocycles. The lowest BCUT2D eigenvalue weighted by atomic mass is 9.71. The van der Waals surface area contributed by atoms with Crippen molar-refractivity contribution in [2.45, 2.75) is 79.1 Å². The highest BCUT2D eigenvalue weighted by molar-refractivity contribution is 5.84. The maximum Gasteiger partial charge on any atom is 0.0105 e. The molecule has 6 rings (SSSR count). The van der Waals surface area contributed by atoms with Crippen LogP contribution in [0.3, 0.4) is 0 Å². The Morgan fingerprint density at radius 1 is 0.610 bits per heavy atom. The third kappa shape index (κ3) is 5.03. The van der Waals surface area contributed by atoms with Crippen LogP contribution in [0.4, 0.5) is 0 Å². The minimum Gasteiger partial charge on any atom is -0.0653 e. The van der Waals surface area contributed by atoms with E-state index in [-0.39, 0.29) is 5.41 Å². The molecule has 0 heteroatoms. The summed E-state index contributed by atoms with van der Waals surface area (Å²) in [6.07, 6.45) is 9.53. The van der Waals surface area contributed by atoms with Crippen LogP contribution in [0.5, 0.6) is 0 Å². The molecule has 0 aliphatic heterocycles. The molecule has 0 aromatic heterocycles. The standard InChI is InChI=1S/C41H44/c1-7-20-41(6,35-23-33-16-10-18-37(39(33)25-35)31-14-8-12-29(21-31)27(2)3)36-24-34-17-11-19-38(40(34)26-36)32-15-9-13-30(22-32)28(4)5/h8-19,21-22,25-28H,7,20,23-24H2,1-6H3. The van der Waals surface area contributed by atoms with Crippen LogP contribution in [0, 0.1) is 5.41 Å². The van der Waals surface area contributed by atoms with Crippen molar-refractivity contribution in [1.29, 1.82) is 0 Å². The fraction of sp³-hybridized carbons (Fsp3) is 0.317. The van der Waals surface area contributed by atoms with Gasteiger partial charge in [0.2, 0.25) is 0 Å². The van der Waals surface area contributed by atoms with Crippen molar-refractivity contribution in [2.75, 3.05) is 0 Å². The van der Waals surface area contributed by atoms with Crippen molar-refractivity contribution in [3.8, 4) is 22.3 Å². The quantitative estimate of drug-likeness (QED) is 0.210. The lowest BCUT2D eigenvalue weighted by Crippen LogP contribution is -2.22. The number of fused-ring (bicyclic) bond motifs is 2. The van der Waals surface area contributed by atoms with Crippen molar-refractivity contribution in [3.63, 3.8) is 0 Å². The zero-order chi connectivity index (χ0) is 28.7. The van der Waals surface area contributed by atoms with Gasteiger partial charge in [0.1, 0.15) is 0 Å². The van der Waals surface area contributed by atoms with Crippen molar-refractivity contribution in [1.82, 2.24) is 0 Å². The van der Waals surface area contributed by atoms with E-state index < -0.39 is 0 Å². The summed E-state index contributed by atoms with van der Waals surface area (Å²) in [4.78, 5) is 0. The van der Waals surface area contributed by atoms with Gasteiger partial charge in [-0.25, -0.2) is 0 Å². The molecule has 2 aliphatic carbocycles. The minimum atomic E-state index is 0.0426. The highest BCUT2D eigenvalue weighted by Gasteiger charge is 2.37. The Hall–Kier alpha value is -3.64. The summed E-state index contributed by atoms with van der Waals surface area (Å²) in [6, 6.07) is 32.1. The summed E-state index contributed by atoms with van der Waals surface area (Å²) in [5.74, 6) is 1.05. The number of hydrogen-bond donors (Lipinski definition) is 0. The van der Waals surface area contributed by atoms with Crippen LogP contribution in [-0.2, 0) is 12.8 Å². The number of allylic oxidation sites excluding steroid dienone is 2. The predicted molar refractivity (Wildman–Crippen MR) is 178 cm³/mol. The summed E-state index contributed by atoms with van der Waals surface area (Å²) in [7, 11) is 0. The fourth-order valence-corrected chi connectivity index (χ4v) is 7.11. The number of rotatable bonds is 8. The summed E-state index contributed by atoms with van der Waals surface area (Å²) in [5, 5.41) is 0. The van der Waals surface area contributed by atoms with E-state index in [0.29, 0.717) is 11.8 Å². The third-order valence-electron chi connectivity index (χ3n) is 9.69. The highest BCUT2D eigenvalue weighted by Crippen LogP contribution is 2.51. The smallest absolute Gasteiger partial charge is 0.0105 e. The third-order valence-corrected chi connectivity index (χ3v) is 9.69. The predicted octanol–water partition coefficient (Wildman–Crippen LogP) is 11.7. The van der Waals surface area contributed by atoms with Crippen LogP contribution in [0.1, 0.15) is 99.6 Å². The molecule has 0 atom stereocenters. The maximum atomic E-state index is 2.55. The van der Waals surface area contributed by atoms with Crippen molar-refractivity contribution in [2.24, 2.45) is 5.41 Å². The molecule has 0 unspecified atom stereocenters. The first-order valence-electron chi connectivity index (χ1n) is 15.6. The Labute approximate surface area is 247 Å². The summed E-state index contributed by atoms with van der Waals surface area (Å²) < 4.78 is 0. The van der Waals surface area contributed by atoms with Gasteiger partial charge in [0.25, 0.3) is 0 Å². The van der Waals surface area contributed by atoms with Crippen molar-refractivity contribution >= 4 is 12.2 Å². The van der Waals surface area contributed by atoms with E-state index in [1.165, 1.54) is 68.5 Å². The van der Waals surface area contributed by atoms with Crippen LogP contribution in [0.25, 0.3) is 34.4 Å². The summed E-state index contributed by atoms with van der Waals surface area (Å²) in [5.41, 5.74) is 17.2. The zero-order valence-electron chi connectivity index (χ0n) is 25.7. The van der Waals surface area contributed by atoms with E-state index in [0.717, 1.165) is 12.8 Å². The number of hydrogen-bond acceptors (Lipinski definition) is 0. The molecule has 41 heavy (non-hydrogen) atoms. The van der Waals surface area contributed by atoms with Gasteiger partial charge in [-0.15, -0.1) is 0 Å². The van der Waals surface area contributed by atoms with E-state index in [4.69, 9.17) is 0 Å². The molecule has 0 bridgehead atoms. The van der Waals surface area contributed by atoms with Gasteiger partial charge in [-0.05, 0) is 86.7 Å². The van der Waals surface area contributed by atoms with Gasteiger partial charge < -0.3 is 0 Å². The van der Waals surface area contributed by atoms with Crippen molar-refractivity contribution in [3.05, 3.63) is 129 Å². The van der Waals surface area contributed by atoms with E-state index in [1.54, 1.807) is 11.1 Å². The van der Waals surface area contributed by atoms with Gasteiger partial charge in [0.05, 0.1) is 0 Å². The van der Waals surface area contributed by atoms with E-state index >= 15 is 0 Å². The molecular weight excluding hydrogens is 492 g/mol. The second-order valence-electron chi connectivity index (χ2n) is 13.1. The number of benzene rings is 4. The monoisotopic (exact) mass is 536 g/mol. The second-order valence-corrected chi connectivity index (χ2v) is 13.1. The molecular formula is C41H44. The Morgan fingerprint density at radius 3 is 1.46 bits per heavy atom. The van der Waals surface area contributed by atoms with Crippen LogP contribution >= 0.6 is 0 Å². The van der Waals surface area contributed by atoms with Crippen LogP contribution in [0.2, 0.25) is 0 Å². The summed E-state index contributed by atoms with van der Waals surface area (Å²) in [6.45, 7) is 14.0. The first-order chi connectivity index (χ1) is 19.8. The van der Waals surface area contributed by atoms with Crippen LogP contribution in [0.15, 0.2) is 96.1 Å². The molecule has 2 aliphatic rings. The molecule has 4 aromatic carbocycles. The van der Waals surface area contributed by atoms with E-state index in [9.17, 15) is 0 Å². The lowest BCUT2D eigenvalue weighted by Gasteiger charge is -2.33. The molecule has 0 saturated heterocycles. The normalized spacial score (nSPS) is 14.3. The SMILES string of the molecule is CCCC(C)(C1=Cc2c(cccc2-c2cccc(C(C)C)c2)C1)C1=Cc2c(cccc2-c2cccc(C(C)C)c2)C1. The van der Waals surface area contributed by atoms with Gasteiger partial charge in [0, 0.05) is 5.41 Å². The Kier molecular flexibility index (Phi) is 7.37. The van der Waals surface area contributed by atoms with Gasteiger partial charge in [-0.1, -0.05) is 156 Å². The first-order valence-corrected chi connectivity index (χ1v) is 15.6. The van der Waals surface area contributed by atoms with Gasteiger partial charge >= 0.3 is 0 Å². The molecule has 4 aromatic rings. The van der Waals surface area contributed by atoms with Crippen LogP contribution in [-0.4, -0.2) is 0 Å². The van der Waals surface area contributed by atoms with Gasteiger partial charge in [-0.2, -0.15) is 0 Å². The molecule has 0 radical (unpaired) electrons. The highest BCUT2D eigenvalue weighted by atomic mass is 14.4. The molecule has 0 N–H and O–H groups in total. The average Bonchev–Trinajstić information content (AvgIpc) is 3.63. The molecule has 0 heterocycles. The Balaban J connectivity index is 1.40. The van der Waals surface area contributed by atoms with Crippen molar-refractivity contribution < 1.29 is 0 Å². The van der Waals surface area contributed by atoms with Crippen LogP contribution < -0.4 is 0 Å².